The Morgan fingerprint density at radius 2 is 1.88 bits per heavy atom. The van der Waals surface area contributed by atoms with Crippen LogP contribution in [-0.2, 0) is 0 Å². The SMILES string of the molecule is CCCC(C)C(CC)NC(C)(CC)CCO. The Balaban J connectivity index is 4.37. The molecule has 0 aromatic carbocycles. The number of hydrogen-bond donors (Lipinski definition) is 2. The molecule has 0 rings (SSSR count). The molecule has 0 aliphatic heterocycles. The van der Waals surface area contributed by atoms with Crippen molar-refractivity contribution in [1.29, 1.82) is 0 Å². The third kappa shape index (κ3) is 5.31. The summed E-state index contributed by atoms with van der Waals surface area (Å²) in [5.41, 5.74) is 0.0947. The molecule has 0 fully saturated rings. The maximum Gasteiger partial charge on any atom is 0.0448 e. The molecule has 0 amide bonds. The predicted octanol–water partition coefficient (Wildman–Crippen LogP) is 3.34. The van der Waals surface area contributed by atoms with Crippen LogP contribution in [0.3, 0.4) is 0 Å². The summed E-state index contributed by atoms with van der Waals surface area (Å²) < 4.78 is 0. The molecule has 2 N–H and O–H groups in total. The topological polar surface area (TPSA) is 32.3 Å². The number of rotatable bonds is 9. The van der Waals surface area contributed by atoms with Crippen molar-refractivity contribution in [2.75, 3.05) is 6.61 Å². The van der Waals surface area contributed by atoms with Gasteiger partial charge in [0.25, 0.3) is 0 Å². The normalized spacial score (nSPS) is 19.1. The second kappa shape index (κ2) is 8.08. The molecule has 0 radical (unpaired) electrons. The standard InChI is InChI=1S/C14H31NO/c1-6-9-12(4)13(7-2)15-14(5,8-3)10-11-16/h12-13,15-16H,6-11H2,1-5H3. The quantitative estimate of drug-likeness (QED) is 0.635. The fraction of sp³-hybridized carbons (Fsp3) is 1.00. The lowest BCUT2D eigenvalue weighted by Gasteiger charge is -2.36. The number of aliphatic hydroxyl groups is 1. The van der Waals surface area contributed by atoms with E-state index < -0.39 is 0 Å². The lowest BCUT2D eigenvalue weighted by atomic mass is 9.88. The smallest absolute Gasteiger partial charge is 0.0448 e. The first-order chi connectivity index (χ1) is 7.52. The lowest BCUT2D eigenvalue weighted by Crippen LogP contribution is -2.50. The van der Waals surface area contributed by atoms with Crippen molar-refractivity contribution >= 4 is 0 Å². The first-order valence-electron chi connectivity index (χ1n) is 6.91. The molecule has 0 saturated carbocycles. The van der Waals surface area contributed by atoms with Gasteiger partial charge >= 0.3 is 0 Å². The van der Waals surface area contributed by atoms with E-state index in [1.807, 2.05) is 0 Å². The summed E-state index contributed by atoms with van der Waals surface area (Å²) in [6.07, 6.45) is 5.62. The van der Waals surface area contributed by atoms with E-state index in [0.29, 0.717) is 6.04 Å². The van der Waals surface area contributed by atoms with Crippen LogP contribution >= 0.6 is 0 Å². The van der Waals surface area contributed by atoms with Crippen molar-refractivity contribution in [3.05, 3.63) is 0 Å². The van der Waals surface area contributed by atoms with Gasteiger partial charge in [-0.05, 0) is 38.5 Å². The summed E-state index contributed by atoms with van der Waals surface area (Å²) in [6.45, 7) is 11.5. The maximum absolute atomic E-state index is 9.12. The highest BCUT2D eigenvalue weighted by atomic mass is 16.3. The summed E-state index contributed by atoms with van der Waals surface area (Å²) in [4.78, 5) is 0. The van der Waals surface area contributed by atoms with Gasteiger partial charge in [-0.15, -0.1) is 0 Å². The minimum atomic E-state index is 0.0947. The fourth-order valence-electron chi connectivity index (χ4n) is 2.35. The van der Waals surface area contributed by atoms with Gasteiger partial charge < -0.3 is 10.4 Å². The van der Waals surface area contributed by atoms with Gasteiger partial charge in [-0.25, -0.2) is 0 Å². The van der Waals surface area contributed by atoms with Gasteiger partial charge in [-0.1, -0.05) is 34.1 Å². The van der Waals surface area contributed by atoms with Crippen LogP contribution in [0.2, 0.25) is 0 Å². The Morgan fingerprint density at radius 3 is 2.25 bits per heavy atom. The molecule has 0 saturated heterocycles. The van der Waals surface area contributed by atoms with Crippen molar-refractivity contribution < 1.29 is 5.11 Å². The van der Waals surface area contributed by atoms with Gasteiger partial charge in [0.05, 0.1) is 0 Å². The van der Waals surface area contributed by atoms with Gasteiger partial charge in [0.15, 0.2) is 0 Å². The van der Waals surface area contributed by atoms with Gasteiger partial charge in [0.2, 0.25) is 0 Å². The van der Waals surface area contributed by atoms with Crippen LogP contribution in [0.5, 0.6) is 0 Å². The molecule has 0 spiro atoms. The van der Waals surface area contributed by atoms with Crippen LogP contribution < -0.4 is 5.32 Å². The van der Waals surface area contributed by atoms with Crippen LogP contribution in [0.1, 0.15) is 66.7 Å². The molecular formula is C14H31NO. The Bertz CT molecular complexity index is 172. The van der Waals surface area contributed by atoms with Crippen LogP contribution in [0.4, 0.5) is 0 Å². The van der Waals surface area contributed by atoms with E-state index >= 15 is 0 Å². The van der Waals surface area contributed by atoms with E-state index in [2.05, 4.69) is 39.9 Å². The van der Waals surface area contributed by atoms with Gasteiger partial charge in [-0.2, -0.15) is 0 Å². The summed E-state index contributed by atoms with van der Waals surface area (Å²) in [5.74, 6) is 0.722. The molecule has 98 valence electrons. The number of nitrogens with one attached hydrogen (secondary N) is 1. The van der Waals surface area contributed by atoms with E-state index in [1.165, 1.54) is 19.3 Å². The van der Waals surface area contributed by atoms with Crippen molar-refractivity contribution in [2.24, 2.45) is 5.92 Å². The Kier molecular flexibility index (Phi) is 8.04. The summed E-state index contributed by atoms with van der Waals surface area (Å²) in [6, 6.07) is 0.580. The number of hydrogen-bond acceptors (Lipinski definition) is 2. The first kappa shape index (κ1) is 15.9. The molecule has 0 bridgehead atoms. The monoisotopic (exact) mass is 229 g/mol. The molecule has 16 heavy (non-hydrogen) atoms. The van der Waals surface area contributed by atoms with Gasteiger partial charge in [0, 0.05) is 18.2 Å². The molecule has 2 heteroatoms. The van der Waals surface area contributed by atoms with E-state index in [4.69, 9.17) is 5.11 Å². The third-order valence-corrected chi connectivity index (χ3v) is 3.85. The van der Waals surface area contributed by atoms with E-state index in [9.17, 15) is 0 Å². The largest absolute Gasteiger partial charge is 0.396 e. The van der Waals surface area contributed by atoms with Crippen molar-refractivity contribution in [1.82, 2.24) is 5.32 Å². The van der Waals surface area contributed by atoms with Crippen molar-refractivity contribution in [2.45, 2.75) is 78.3 Å². The highest BCUT2D eigenvalue weighted by molar-refractivity contribution is 4.86. The van der Waals surface area contributed by atoms with Crippen molar-refractivity contribution in [3.63, 3.8) is 0 Å². The molecule has 0 heterocycles. The number of aliphatic hydroxyl groups excluding tert-OH is 1. The molecule has 0 aliphatic carbocycles. The zero-order chi connectivity index (χ0) is 12.6. The summed E-state index contributed by atoms with van der Waals surface area (Å²) >= 11 is 0. The zero-order valence-electron chi connectivity index (χ0n) is 11.8. The van der Waals surface area contributed by atoms with Crippen LogP contribution in [-0.4, -0.2) is 23.3 Å². The molecule has 0 aromatic rings. The Hall–Kier alpha value is -0.0800. The van der Waals surface area contributed by atoms with Crippen LogP contribution in [0, 0.1) is 5.92 Å². The van der Waals surface area contributed by atoms with Crippen molar-refractivity contribution in [3.8, 4) is 0 Å². The molecular weight excluding hydrogens is 198 g/mol. The minimum Gasteiger partial charge on any atom is -0.396 e. The molecule has 3 unspecified atom stereocenters. The Labute approximate surface area is 102 Å². The minimum absolute atomic E-state index is 0.0947. The predicted molar refractivity (Wildman–Crippen MR) is 71.7 cm³/mol. The van der Waals surface area contributed by atoms with Gasteiger partial charge in [-0.3, -0.25) is 0 Å². The molecule has 2 nitrogen and oxygen atoms in total. The molecule has 0 aliphatic rings. The zero-order valence-corrected chi connectivity index (χ0v) is 11.8. The lowest BCUT2D eigenvalue weighted by molar-refractivity contribution is 0.181. The summed E-state index contributed by atoms with van der Waals surface area (Å²) in [7, 11) is 0. The first-order valence-corrected chi connectivity index (χ1v) is 6.91. The highest BCUT2D eigenvalue weighted by Crippen LogP contribution is 2.21. The average Bonchev–Trinajstić information content (AvgIpc) is 2.26. The second-order valence-corrected chi connectivity index (χ2v) is 5.31. The summed E-state index contributed by atoms with van der Waals surface area (Å²) in [5, 5.41) is 12.9. The average molecular weight is 229 g/mol. The van der Waals surface area contributed by atoms with E-state index in [1.54, 1.807) is 0 Å². The van der Waals surface area contributed by atoms with Crippen LogP contribution in [0.15, 0.2) is 0 Å². The third-order valence-electron chi connectivity index (χ3n) is 3.85. The fourth-order valence-corrected chi connectivity index (χ4v) is 2.35. The van der Waals surface area contributed by atoms with E-state index in [0.717, 1.165) is 18.8 Å². The highest BCUT2D eigenvalue weighted by Gasteiger charge is 2.26. The van der Waals surface area contributed by atoms with Gasteiger partial charge in [0.1, 0.15) is 0 Å². The molecule has 0 aromatic heterocycles. The maximum atomic E-state index is 9.12. The molecule has 3 atom stereocenters. The van der Waals surface area contributed by atoms with E-state index in [-0.39, 0.29) is 12.1 Å². The Morgan fingerprint density at radius 1 is 1.25 bits per heavy atom. The second-order valence-electron chi connectivity index (χ2n) is 5.31. The van der Waals surface area contributed by atoms with Crippen LogP contribution in [0.25, 0.3) is 0 Å².